The molecular weight excluding hydrogens is 409 g/mol. The van der Waals surface area contributed by atoms with Gasteiger partial charge < -0.3 is 9.79 Å². The molecule has 0 aliphatic rings. The Morgan fingerprint density at radius 3 is 1.87 bits per heavy atom. The van der Waals surface area contributed by atoms with Crippen LogP contribution in [0, 0.1) is 0 Å². The normalized spacial score (nSPS) is 13.1. The van der Waals surface area contributed by atoms with Gasteiger partial charge in [-0.15, -0.1) is 0 Å². The summed E-state index contributed by atoms with van der Waals surface area (Å²) in [5, 5.41) is 0. The van der Waals surface area contributed by atoms with E-state index in [-0.39, 0.29) is 0 Å². The zero-order valence-corrected chi connectivity index (χ0v) is 20.4. The predicted octanol–water partition coefficient (Wildman–Crippen LogP) is 6.88. The summed E-state index contributed by atoms with van der Waals surface area (Å²) in [6.45, 7) is 2.71. The van der Waals surface area contributed by atoms with Gasteiger partial charge in [-0.1, -0.05) is 89.4 Å². The average Bonchev–Trinajstić information content (AvgIpc) is 2.73. The number of aromatic nitrogens is 1. The molecule has 1 aromatic heterocycles. The number of phosphoric acid groups is 1. The first kappa shape index (κ1) is 28.0. The molecule has 5 nitrogen and oxygen atoms in total. The molecule has 178 valence electrons. The van der Waals surface area contributed by atoms with Crippen molar-refractivity contribution in [2.24, 2.45) is 0 Å². The highest BCUT2D eigenvalue weighted by atomic mass is 31.2. The third-order valence-electron chi connectivity index (χ3n) is 5.52. The number of hydrogen-bond acceptors (Lipinski definition) is 2. The fraction of sp³-hybridized carbons (Fsp3) is 0.720. The van der Waals surface area contributed by atoms with Crippen molar-refractivity contribution >= 4 is 7.82 Å². The van der Waals surface area contributed by atoms with Gasteiger partial charge in [0.25, 0.3) is 0 Å². The number of rotatable bonds is 20. The van der Waals surface area contributed by atoms with Gasteiger partial charge in [-0.3, -0.25) is 4.52 Å². The summed E-state index contributed by atoms with van der Waals surface area (Å²) in [5.41, 5.74) is 0. The van der Waals surface area contributed by atoms with E-state index in [0.29, 0.717) is 13.0 Å². The Morgan fingerprint density at radius 1 is 0.806 bits per heavy atom. The topological polar surface area (TPSA) is 70.6 Å². The molecular formula is C25H45NO4P+. The van der Waals surface area contributed by atoms with Crippen molar-refractivity contribution in [3.05, 3.63) is 42.7 Å². The monoisotopic (exact) mass is 454 g/mol. The second kappa shape index (κ2) is 18.6. The van der Waals surface area contributed by atoms with E-state index in [1.807, 2.05) is 35.2 Å². The van der Waals surface area contributed by atoms with Crippen LogP contribution in [-0.4, -0.2) is 15.9 Å². The lowest BCUT2D eigenvalue weighted by molar-refractivity contribution is -0.703. The summed E-state index contributed by atoms with van der Waals surface area (Å²) < 4.78 is 18.2. The molecule has 0 bridgehead atoms. The van der Waals surface area contributed by atoms with Gasteiger partial charge in [0.05, 0.1) is 0 Å². The van der Waals surface area contributed by atoms with Crippen molar-refractivity contribution in [2.45, 2.75) is 116 Å². The fourth-order valence-corrected chi connectivity index (χ4v) is 4.34. The van der Waals surface area contributed by atoms with Gasteiger partial charge in [0.15, 0.2) is 18.9 Å². The van der Waals surface area contributed by atoms with Crippen LogP contribution in [0.3, 0.4) is 0 Å². The Labute approximate surface area is 190 Å². The van der Waals surface area contributed by atoms with Crippen molar-refractivity contribution in [3.8, 4) is 0 Å². The van der Waals surface area contributed by atoms with Gasteiger partial charge in [0, 0.05) is 12.1 Å². The largest absolute Gasteiger partial charge is 0.470 e. The summed E-state index contributed by atoms with van der Waals surface area (Å²) in [6, 6.07) is 5.72. The van der Waals surface area contributed by atoms with Crippen LogP contribution in [0.2, 0.25) is 0 Å². The maximum absolute atomic E-state index is 11.3. The Hall–Kier alpha value is -1.00. The van der Waals surface area contributed by atoms with E-state index in [4.69, 9.17) is 4.52 Å². The highest BCUT2D eigenvalue weighted by Gasteiger charge is 2.24. The molecule has 1 atom stereocenters. The number of hydrogen-bond donors (Lipinski definition) is 2. The van der Waals surface area contributed by atoms with Crippen LogP contribution in [-0.2, 0) is 15.6 Å². The number of phosphoric ester groups is 1. The summed E-state index contributed by atoms with van der Waals surface area (Å²) in [5.74, 6) is 0. The molecule has 0 saturated heterocycles. The Morgan fingerprint density at radius 2 is 1.32 bits per heavy atom. The van der Waals surface area contributed by atoms with Crippen LogP contribution in [0.1, 0.15) is 103 Å². The van der Waals surface area contributed by atoms with E-state index < -0.39 is 13.9 Å². The molecule has 0 aliphatic heterocycles. The van der Waals surface area contributed by atoms with Crippen LogP contribution >= 0.6 is 7.82 Å². The minimum absolute atomic E-state index is 0.455. The highest BCUT2D eigenvalue weighted by Crippen LogP contribution is 2.38. The minimum Gasteiger partial charge on any atom is -0.303 e. The third kappa shape index (κ3) is 18.3. The number of nitrogens with zero attached hydrogens (tertiary/aromatic N) is 1. The van der Waals surface area contributed by atoms with Crippen molar-refractivity contribution in [1.29, 1.82) is 0 Å². The highest BCUT2D eigenvalue weighted by molar-refractivity contribution is 7.46. The van der Waals surface area contributed by atoms with Crippen LogP contribution in [0.25, 0.3) is 0 Å². The zero-order valence-electron chi connectivity index (χ0n) is 19.5. The first-order valence-corrected chi connectivity index (χ1v) is 13.9. The molecule has 0 spiro atoms. The molecule has 31 heavy (non-hydrogen) atoms. The summed E-state index contributed by atoms with van der Waals surface area (Å²) in [6.07, 6.45) is 26.2. The molecule has 0 aliphatic carbocycles. The summed E-state index contributed by atoms with van der Waals surface area (Å²) in [4.78, 5) is 18.4. The standard InChI is InChI=1S/C25H44NO4P/c1-2-3-4-5-6-7-8-9-10-11-12-13-14-15-16-18-21-25(30-31(27,28)29)24-26-22-19-17-20-23-26/h9-10,17,19-20,22-23,25H,2-8,11-16,18,21,24H2,1H3,(H-,27,28,29)/p+1/b10-9-. The van der Waals surface area contributed by atoms with Crippen LogP contribution in [0.5, 0.6) is 0 Å². The SMILES string of the molecule is CCCCCCCC/C=C\CCCCCCCCC(C[n+]1ccccc1)OP(=O)(O)O. The lowest BCUT2D eigenvalue weighted by Crippen LogP contribution is -2.39. The maximum atomic E-state index is 11.3. The van der Waals surface area contributed by atoms with Crippen molar-refractivity contribution < 1.29 is 23.4 Å². The van der Waals surface area contributed by atoms with Crippen LogP contribution in [0.4, 0.5) is 0 Å². The number of allylic oxidation sites excluding steroid dienone is 2. The van der Waals surface area contributed by atoms with Gasteiger partial charge in [-0.05, 0) is 32.1 Å². The van der Waals surface area contributed by atoms with Gasteiger partial charge in [0.2, 0.25) is 0 Å². The molecule has 6 heteroatoms. The third-order valence-corrected chi connectivity index (χ3v) is 6.09. The van der Waals surface area contributed by atoms with Gasteiger partial charge in [-0.2, -0.15) is 0 Å². The average molecular weight is 455 g/mol. The first-order chi connectivity index (χ1) is 15.0. The summed E-state index contributed by atoms with van der Waals surface area (Å²) in [7, 11) is -4.47. The van der Waals surface area contributed by atoms with Crippen molar-refractivity contribution in [3.63, 3.8) is 0 Å². The summed E-state index contributed by atoms with van der Waals surface area (Å²) >= 11 is 0. The smallest absolute Gasteiger partial charge is 0.303 e. The van der Waals surface area contributed by atoms with E-state index in [1.165, 1.54) is 77.0 Å². The number of unbranched alkanes of at least 4 members (excludes halogenated alkanes) is 12. The molecule has 2 N–H and O–H groups in total. The molecule has 0 amide bonds. The maximum Gasteiger partial charge on any atom is 0.470 e. The molecule has 1 unspecified atom stereocenters. The second-order valence-corrected chi connectivity index (χ2v) is 9.71. The van der Waals surface area contributed by atoms with E-state index in [0.717, 1.165) is 12.8 Å². The number of pyridine rings is 1. The van der Waals surface area contributed by atoms with E-state index in [2.05, 4.69) is 19.1 Å². The van der Waals surface area contributed by atoms with E-state index >= 15 is 0 Å². The van der Waals surface area contributed by atoms with E-state index in [9.17, 15) is 14.4 Å². The van der Waals surface area contributed by atoms with Gasteiger partial charge in [-0.25, -0.2) is 9.13 Å². The Balaban J connectivity index is 2.02. The molecule has 1 heterocycles. The zero-order chi connectivity index (χ0) is 22.6. The van der Waals surface area contributed by atoms with E-state index in [1.54, 1.807) is 0 Å². The molecule has 1 aromatic rings. The lowest BCUT2D eigenvalue weighted by Gasteiger charge is -2.15. The lowest BCUT2D eigenvalue weighted by atomic mass is 10.1. The first-order valence-electron chi connectivity index (χ1n) is 12.3. The van der Waals surface area contributed by atoms with Crippen molar-refractivity contribution in [1.82, 2.24) is 0 Å². The molecule has 0 saturated carbocycles. The molecule has 0 radical (unpaired) electrons. The minimum atomic E-state index is -4.47. The Kier molecular flexibility index (Phi) is 16.8. The van der Waals surface area contributed by atoms with Gasteiger partial charge >= 0.3 is 7.82 Å². The molecule has 0 aromatic carbocycles. The fourth-order valence-electron chi connectivity index (χ4n) is 3.78. The second-order valence-electron chi connectivity index (χ2n) is 8.52. The molecule has 1 rings (SSSR count). The molecule has 0 fully saturated rings. The van der Waals surface area contributed by atoms with Gasteiger partial charge in [0.1, 0.15) is 6.10 Å². The Bertz CT molecular complexity index is 603. The van der Waals surface area contributed by atoms with Crippen LogP contribution < -0.4 is 4.57 Å². The quantitative estimate of drug-likeness (QED) is 0.0975. The van der Waals surface area contributed by atoms with Crippen molar-refractivity contribution in [2.75, 3.05) is 0 Å². The predicted molar refractivity (Wildman–Crippen MR) is 128 cm³/mol. The van der Waals surface area contributed by atoms with Crippen LogP contribution in [0.15, 0.2) is 42.7 Å².